The molecule has 1 N–H and O–H groups in total. The highest BCUT2D eigenvalue weighted by molar-refractivity contribution is 5.91. The number of carboxylic acids is 1. The average Bonchev–Trinajstić information content (AvgIpc) is 2.65. The lowest BCUT2D eigenvalue weighted by Gasteiger charge is -2.08. The SMILES string of the molecule is C=CC(=O)OCCOc1ccc(C(=O)Oc2ccc(C(=O)O)cc2)cc1. The summed E-state index contributed by atoms with van der Waals surface area (Å²) in [7, 11) is 0. The molecule has 2 aromatic rings. The van der Waals surface area contributed by atoms with Crippen LogP contribution in [0.25, 0.3) is 0 Å². The fraction of sp³-hybridized carbons (Fsp3) is 0.105. The Balaban J connectivity index is 1.86. The number of carbonyl (C=O) groups excluding carboxylic acids is 2. The molecule has 0 saturated carbocycles. The van der Waals surface area contributed by atoms with E-state index in [-0.39, 0.29) is 24.5 Å². The molecule has 0 unspecified atom stereocenters. The van der Waals surface area contributed by atoms with Crippen LogP contribution in [0.15, 0.2) is 61.2 Å². The second kappa shape index (κ2) is 9.03. The van der Waals surface area contributed by atoms with E-state index in [1.54, 1.807) is 12.1 Å². The Morgan fingerprint density at radius 1 is 0.885 bits per heavy atom. The van der Waals surface area contributed by atoms with Gasteiger partial charge >= 0.3 is 17.9 Å². The van der Waals surface area contributed by atoms with E-state index in [1.807, 2.05) is 0 Å². The van der Waals surface area contributed by atoms with Gasteiger partial charge in [-0.25, -0.2) is 14.4 Å². The van der Waals surface area contributed by atoms with Crippen molar-refractivity contribution in [2.75, 3.05) is 13.2 Å². The molecule has 0 amide bonds. The zero-order chi connectivity index (χ0) is 18.9. The molecule has 0 aliphatic heterocycles. The van der Waals surface area contributed by atoms with Crippen molar-refractivity contribution >= 4 is 17.9 Å². The zero-order valence-electron chi connectivity index (χ0n) is 13.7. The molecule has 0 bridgehead atoms. The number of esters is 2. The molecule has 0 atom stereocenters. The Kier molecular flexibility index (Phi) is 6.50. The summed E-state index contributed by atoms with van der Waals surface area (Å²) in [5, 5.41) is 8.83. The van der Waals surface area contributed by atoms with Gasteiger partial charge in [0.2, 0.25) is 0 Å². The van der Waals surface area contributed by atoms with Crippen molar-refractivity contribution in [1.29, 1.82) is 0 Å². The zero-order valence-corrected chi connectivity index (χ0v) is 13.7. The maximum Gasteiger partial charge on any atom is 0.343 e. The summed E-state index contributed by atoms with van der Waals surface area (Å²) in [6.07, 6.45) is 1.07. The van der Waals surface area contributed by atoms with E-state index < -0.39 is 17.9 Å². The first kappa shape index (κ1) is 18.7. The molecule has 26 heavy (non-hydrogen) atoms. The smallest absolute Gasteiger partial charge is 0.343 e. The van der Waals surface area contributed by atoms with Gasteiger partial charge in [0.25, 0.3) is 0 Å². The molecular weight excluding hydrogens is 340 g/mol. The molecule has 0 aliphatic rings. The monoisotopic (exact) mass is 356 g/mol. The number of hydrogen-bond donors (Lipinski definition) is 1. The van der Waals surface area contributed by atoms with Gasteiger partial charge in [0.15, 0.2) is 0 Å². The van der Waals surface area contributed by atoms with Crippen molar-refractivity contribution in [2.24, 2.45) is 0 Å². The van der Waals surface area contributed by atoms with Crippen molar-refractivity contribution in [3.63, 3.8) is 0 Å². The molecule has 0 spiro atoms. The Morgan fingerprint density at radius 3 is 2.04 bits per heavy atom. The first-order chi connectivity index (χ1) is 12.5. The van der Waals surface area contributed by atoms with E-state index in [2.05, 4.69) is 6.58 Å². The summed E-state index contributed by atoms with van der Waals surface area (Å²) in [6.45, 7) is 3.53. The maximum absolute atomic E-state index is 12.1. The van der Waals surface area contributed by atoms with Gasteiger partial charge in [0, 0.05) is 6.08 Å². The third-order valence-electron chi connectivity index (χ3n) is 3.16. The van der Waals surface area contributed by atoms with Gasteiger partial charge in [-0.3, -0.25) is 0 Å². The van der Waals surface area contributed by atoms with Gasteiger partial charge in [-0.2, -0.15) is 0 Å². The maximum atomic E-state index is 12.1. The summed E-state index contributed by atoms with van der Waals surface area (Å²) in [6, 6.07) is 11.7. The van der Waals surface area contributed by atoms with Crippen LogP contribution in [0.5, 0.6) is 11.5 Å². The van der Waals surface area contributed by atoms with Gasteiger partial charge in [-0.05, 0) is 48.5 Å². The molecular formula is C19H16O7. The molecule has 0 heterocycles. The fourth-order valence-electron chi connectivity index (χ4n) is 1.88. The molecule has 7 heteroatoms. The molecule has 7 nitrogen and oxygen atoms in total. The van der Waals surface area contributed by atoms with Crippen LogP contribution in [-0.2, 0) is 9.53 Å². The van der Waals surface area contributed by atoms with Gasteiger partial charge in [0.1, 0.15) is 24.7 Å². The minimum absolute atomic E-state index is 0.0843. The summed E-state index contributed by atoms with van der Waals surface area (Å²) >= 11 is 0. The van der Waals surface area contributed by atoms with Crippen LogP contribution < -0.4 is 9.47 Å². The fourth-order valence-corrected chi connectivity index (χ4v) is 1.88. The third-order valence-corrected chi connectivity index (χ3v) is 3.16. The Labute approximate surface area is 149 Å². The largest absolute Gasteiger partial charge is 0.490 e. The van der Waals surface area contributed by atoms with Crippen molar-refractivity contribution in [1.82, 2.24) is 0 Å². The molecule has 2 rings (SSSR count). The van der Waals surface area contributed by atoms with Crippen LogP contribution in [0, 0.1) is 0 Å². The van der Waals surface area contributed by atoms with Crippen LogP contribution in [0.3, 0.4) is 0 Å². The number of rotatable bonds is 8. The molecule has 2 aromatic carbocycles. The average molecular weight is 356 g/mol. The van der Waals surface area contributed by atoms with Crippen LogP contribution in [0.4, 0.5) is 0 Å². The van der Waals surface area contributed by atoms with Crippen molar-refractivity contribution in [2.45, 2.75) is 0 Å². The van der Waals surface area contributed by atoms with Crippen LogP contribution in [0.2, 0.25) is 0 Å². The molecule has 0 aromatic heterocycles. The standard InChI is InChI=1S/C19H16O7/c1-2-17(20)25-12-11-24-15-7-5-14(6-8-15)19(23)26-16-9-3-13(4-10-16)18(21)22/h2-10H,1,11-12H2,(H,21,22). The number of carboxylic acid groups (broad SMARTS) is 1. The highest BCUT2D eigenvalue weighted by atomic mass is 16.6. The van der Waals surface area contributed by atoms with Crippen molar-refractivity contribution in [3.8, 4) is 11.5 Å². The first-order valence-electron chi connectivity index (χ1n) is 7.57. The van der Waals surface area contributed by atoms with E-state index in [0.717, 1.165) is 6.08 Å². The highest BCUT2D eigenvalue weighted by Crippen LogP contribution is 2.16. The number of aromatic carboxylic acids is 1. The van der Waals surface area contributed by atoms with Crippen molar-refractivity contribution in [3.05, 3.63) is 72.3 Å². The Morgan fingerprint density at radius 2 is 1.46 bits per heavy atom. The lowest BCUT2D eigenvalue weighted by Crippen LogP contribution is -2.11. The number of benzene rings is 2. The van der Waals surface area contributed by atoms with Gasteiger partial charge in [-0.1, -0.05) is 6.58 Å². The van der Waals surface area contributed by atoms with Gasteiger partial charge in [-0.15, -0.1) is 0 Å². The van der Waals surface area contributed by atoms with Crippen molar-refractivity contribution < 1.29 is 33.7 Å². The minimum atomic E-state index is -1.06. The molecule has 0 saturated heterocycles. The minimum Gasteiger partial charge on any atom is -0.490 e. The van der Waals surface area contributed by atoms with Crippen LogP contribution in [0.1, 0.15) is 20.7 Å². The summed E-state index contributed by atoms with van der Waals surface area (Å²) in [5.74, 6) is -1.42. The van der Waals surface area contributed by atoms with Crippen LogP contribution in [-0.4, -0.2) is 36.2 Å². The topological polar surface area (TPSA) is 99.1 Å². The molecule has 0 radical (unpaired) electrons. The summed E-state index contributed by atoms with van der Waals surface area (Å²) < 4.78 is 15.3. The van der Waals surface area contributed by atoms with E-state index in [0.29, 0.717) is 11.3 Å². The molecule has 0 aliphatic carbocycles. The lowest BCUT2D eigenvalue weighted by molar-refractivity contribution is -0.138. The highest BCUT2D eigenvalue weighted by Gasteiger charge is 2.10. The second-order valence-corrected chi connectivity index (χ2v) is 4.96. The van der Waals surface area contributed by atoms with E-state index >= 15 is 0 Å². The Bertz CT molecular complexity index is 792. The van der Waals surface area contributed by atoms with Crippen LogP contribution >= 0.6 is 0 Å². The van der Waals surface area contributed by atoms with E-state index in [1.165, 1.54) is 36.4 Å². The normalized spacial score (nSPS) is 9.85. The number of carbonyl (C=O) groups is 3. The quantitative estimate of drug-likeness (QED) is 0.336. The van der Waals surface area contributed by atoms with E-state index in [4.69, 9.17) is 19.3 Å². The summed E-state index contributed by atoms with van der Waals surface area (Å²) in [4.78, 5) is 33.7. The second-order valence-electron chi connectivity index (χ2n) is 4.96. The molecule has 134 valence electrons. The van der Waals surface area contributed by atoms with Gasteiger partial charge in [0.05, 0.1) is 11.1 Å². The van der Waals surface area contributed by atoms with Gasteiger partial charge < -0.3 is 19.3 Å². The predicted molar refractivity (Wildman–Crippen MR) is 91.5 cm³/mol. The Hall–Kier alpha value is -3.61. The predicted octanol–water partition coefficient (Wildman–Crippen LogP) is 2.71. The summed E-state index contributed by atoms with van der Waals surface area (Å²) in [5.41, 5.74) is 0.405. The van der Waals surface area contributed by atoms with E-state index in [9.17, 15) is 14.4 Å². The number of hydrogen-bond acceptors (Lipinski definition) is 6. The number of ether oxygens (including phenoxy) is 3. The first-order valence-corrected chi connectivity index (χ1v) is 7.57. The lowest BCUT2D eigenvalue weighted by atomic mass is 10.2. The third kappa shape index (κ3) is 5.48. The molecule has 0 fully saturated rings.